The normalized spacial score (nSPS) is 36.6. The van der Waals surface area contributed by atoms with Crippen LogP contribution in [0.3, 0.4) is 0 Å². The van der Waals surface area contributed by atoms with Crippen molar-refractivity contribution in [2.24, 2.45) is 0 Å². The molecule has 98 valence electrons. The van der Waals surface area contributed by atoms with E-state index in [9.17, 15) is 5.26 Å². The minimum atomic E-state index is -0.284. The van der Waals surface area contributed by atoms with Gasteiger partial charge in [-0.2, -0.15) is 5.26 Å². The van der Waals surface area contributed by atoms with Crippen LogP contribution >= 0.6 is 31.4 Å². The molecule has 0 amide bonds. The van der Waals surface area contributed by atoms with Crippen LogP contribution in [-0.4, -0.2) is 21.0 Å². The van der Waals surface area contributed by atoms with Gasteiger partial charge in [0.25, 0.3) is 0 Å². The molecule has 1 nitrogen and oxygen atoms in total. The molecule has 1 aromatic carbocycles. The lowest BCUT2D eigenvalue weighted by Crippen LogP contribution is -2.31. The number of thioether (sulfide) groups is 2. The lowest BCUT2D eigenvalue weighted by atomic mass is 10.1. The fourth-order valence-electron chi connectivity index (χ4n) is 2.98. The molecule has 1 aromatic rings. The van der Waals surface area contributed by atoms with E-state index in [4.69, 9.17) is 0 Å². The summed E-state index contributed by atoms with van der Waals surface area (Å²) in [5.41, 5.74) is 3.40. The van der Waals surface area contributed by atoms with Crippen LogP contribution in [0.4, 0.5) is 0 Å². The fraction of sp³-hybridized carbons (Fsp3) is 0.400. The number of rotatable bonds is 2. The van der Waals surface area contributed by atoms with Gasteiger partial charge >= 0.3 is 0 Å². The van der Waals surface area contributed by atoms with Gasteiger partial charge in [-0.3, -0.25) is 0 Å². The number of nitriles is 1. The molecule has 2 heterocycles. The van der Waals surface area contributed by atoms with Crippen LogP contribution in [0.15, 0.2) is 41.5 Å². The third-order valence-electron chi connectivity index (χ3n) is 4.09. The lowest BCUT2D eigenvalue weighted by Gasteiger charge is -2.30. The van der Waals surface area contributed by atoms with E-state index in [1.54, 1.807) is 11.8 Å². The molecule has 4 atom stereocenters. The van der Waals surface area contributed by atoms with Gasteiger partial charge in [0.15, 0.2) is 4.08 Å². The number of allylic oxidation sites excluding steroid dienone is 1. The van der Waals surface area contributed by atoms with Crippen molar-refractivity contribution in [3.05, 3.63) is 41.5 Å². The SMILES string of the molecule is CS[C@@]1(C#N)S[C@@H]2C(C)=C(C)[C@H]1P2c1ccccc1. The summed E-state index contributed by atoms with van der Waals surface area (Å²) in [4.78, 5) is 0.537. The smallest absolute Gasteiger partial charge is 0.159 e. The van der Waals surface area contributed by atoms with Crippen molar-refractivity contribution in [2.45, 2.75) is 28.6 Å². The quantitative estimate of drug-likeness (QED) is 0.605. The van der Waals surface area contributed by atoms with Crippen LogP contribution in [0.1, 0.15) is 13.8 Å². The van der Waals surface area contributed by atoms with Crippen molar-refractivity contribution >= 4 is 36.7 Å². The Hall–Kier alpha value is -0.420. The molecule has 3 rings (SSSR count). The Morgan fingerprint density at radius 2 is 1.95 bits per heavy atom. The highest BCUT2D eigenvalue weighted by atomic mass is 32.2. The summed E-state index contributed by atoms with van der Waals surface area (Å²) in [6.07, 6.45) is 2.08. The highest BCUT2D eigenvalue weighted by molar-refractivity contribution is 8.23. The van der Waals surface area contributed by atoms with Crippen LogP contribution in [0.25, 0.3) is 0 Å². The molecular weight excluding hydrogens is 289 g/mol. The second-order valence-corrected chi connectivity index (χ2v) is 10.3. The Kier molecular flexibility index (Phi) is 3.46. The van der Waals surface area contributed by atoms with Crippen molar-refractivity contribution in [1.82, 2.24) is 0 Å². The monoisotopic (exact) mass is 305 g/mol. The van der Waals surface area contributed by atoms with Gasteiger partial charge < -0.3 is 0 Å². The van der Waals surface area contributed by atoms with Gasteiger partial charge in [-0.15, -0.1) is 23.5 Å². The molecule has 2 aliphatic rings. The zero-order chi connectivity index (χ0) is 13.6. The van der Waals surface area contributed by atoms with Gasteiger partial charge in [-0.1, -0.05) is 41.5 Å². The first-order valence-electron chi connectivity index (χ1n) is 6.29. The lowest BCUT2D eigenvalue weighted by molar-refractivity contribution is 0.958. The maximum atomic E-state index is 9.70. The van der Waals surface area contributed by atoms with Crippen LogP contribution in [0, 0.1) is 11.3 Å². The van der Waals surface area contributed by atoms with Crippen LogP contribution in [0.5, 0.6) is 0 Å². The van der Waals surface area contributed by atoms with E-state index >= 15 is 0 Å². The Balaban J connectivity index is 2.10. The zero-order valence-corrected chi connectivity index (χ0v) is 13.8. The first-order chi connectivity index (χ1) is 9.14. The predicted molar refractivity (Wildman–Crippen MR) is 88.4 cm³/mol. The summed E-state index contributed by atoms with van der Waals surface area (Å²) >= 11 is 3.63. The summed E-state index contributed by atoms with van der Waals surface area (Å²) in [6.45, 7) is 4.49. The van der Waals surface area contributed by atoms with Crippen LogP contribution in [0.2, 0.25) is 0 Å². The second kappa shape index (κ2) is 4.85. The summed E-state index contributed by atoms with van der Waals surface area (Å²) < 4.78 is -0.268. The Morgan fingerprint density at radius 1 is 1.26 bits per heavy atom. The van der Waals surface area contributed by atoms with E-state index in [2.05, 4.69) is 56.5 Å². The van der Waals surface area contributed by atoms with Crippen molar-refractivity contribution in [1.29, 1.82) is 5.26 Å². The molecule has 4 heteroatoms. The molecule has 19 heavy (non-hydrogen) atoms. The Labute approximate surface area is 124 Å². The molecule has 0 aliphatic carbocycles. The third kappa shape index (κ3) is 1.81. The Bertz CT molecular complexity index is 578. The molecule has 2 bridgehead atoms. The predicted octanol–water partition coefficient (Wildman–Crippen LogP) is 4.17. The van der Waals surface area contributed by atoms with E-state index in [1.165, 1.54) is 16.5 Å². The van der Waals surface area contributed by atoms with Crippen molar-refractivity contribution in [3.63, 3.8) is 0 Å². The maximum absolute atomic E-state index is 9.70. The van der Waals surface area contributed by atoms with E-state index in [1.807, 2.05) is 11.8 Å². The van der Waals surface area contributed by atoms with Crippen LogP contribution < -0.4 is 5.30 Å². The molecule has 1 saturated heterocycles. The molecule has 1 unspecified atom stereocenters. The third-order valence-corrected chi connectivity index (χ3v) is 11.5. The molecule has 0 aromatic heterocycles. The standard InChI is InChI=1S/C15H16NPS2/c1-10-11(2)14-17(12-7-5-4-6-8-12)13(10)15(9-16,18-3)19-14/h4-8,13-14H,1-3H3/t13-,14-,15+,17?/m1/s1. The zero-order valence-electron chi connectivity index (χ0n) is 11.3. The number of hydrogen-bond acceptors (Lipinski definition) is 3. The number of benzene rings is 1. The first kappa shape index (κ1) is 13.6. The molecule has 2 aliphatic heterocycles. The average Bonchev–Trinajstić information content (AvgIpc) is 2.92. The van der Waals surface area contributed by atoms with E-state index in [0.29, 0.717) is 10.7 Å². The molecule has 1 fully saturated rings. The number of hydrogen-bond donors (Lipinski definition) is 0. The number of nitrogens with zero attached hydrogens (tertiary/aromatic N) is 1. The van der Waals surface area contributed by atoms with Gasteiger partial charge in [0, 0.05) is 5.66 Å². The molecule has 0 spiro atoms. The van der Waals surface area contributed by atoms with Gasteiger partial charge in [-0.05, 0) is 33.3 Å². The topological polar surface area (TPSA) is 23.8 Å². The van der Waals surface area contributed by atoms with Gasteiger partial charge in [0.1, 0.15) is 0 Å². The van der Waals surface area contributed by atoms with Crippen molar-refractivity contribution < 1.29 is 0 Å². The van der Waals surface area contributed by atoms with E-state index in [-0.39, 0.29) is 12.0 Å². The summed E-state index contributed by atoms with van der Waals surface area (Å²) in [7, 11) is -0.284. The highest BCUT2D eigenvalue weighted by Gasteiger charge is 2.60. The largest absolute Gasteiger partial charge is 0.196 e. The van der Waals surface area contributed by atoms with Crippen molar-refractivity contribution in [3.8, 4) is 6.07 Å². The average molecular weight is 305 g/mol. The minimum Gasteiger partial charge on any atom is -0.196 e. The highest BCUT2D eigenvalue weighted by Crippen LogP contribution is 2.75. The van der Waals surface area contributed by atoms with Crippen molar-refractivity contribution in [2.75, 3.05) is 6.26 Å². The molecule has 0 radical (unpaired) electrons. The fourth-order valence-corrected chi connectivity index (χ4v) is 11.3. The second-order valence-electron chi connectivity index (χ2n) is 4.97. The van der Waals surface area contributed by atoms with Gasteiger partial charge in [0.2, 0.25) is 0 Å². The van der Waals surface area contributed by atoms with E-state index in [0.717, 1.165) is 0 Å². The van der Waals surface area contributed by atoms with E-state index < -0.39 is 0 Å². The molecule has 0 N–H and O–H groups in total. The summed E-state index contributed by atoms with van der Waals surface area (Å²) in [5.74, 6) is 0. The van der Waals surface area contributed by atoms with Gasteiger partial charge in [0.05, 0.1) is 11.1 Å². The van der Waals surface area contributed by atoms with Crippen LogP contribution in [-0.2, 0) is 0 Å². The minimum absolute atomic E-state index is 0.268. The summed E-state index contributed by atoms with van der Waals surface area (Å²) in [6, 6.07) is 13.4. The summed E-state index contributed by atoms with van der Waals surface area (Å²) in [5, 5.41) is 11.2. The Morgan fingerprint density at radius 3 is 2.53 bits per heavy atom. The maximum Gasteiger partial charge on any atom is 0.159 e. The molecule has 0 saturated carbocycles. The molecular formula is C15H16NPS2. The first-order valence-corrected chi connectivity index (χ1v) is 9.88. The van der Waals surface area contributed by atoms with Gasteiger partial charge in [-0.25, -0.2) is 0 Å². The number of fused-ring (bicyclic) bond motifs is 2.